The molecule has 24 nitrogen and oxygen atoms in total. The molecule has 0 amide bonds. The summed E-state index contributed by atoms with van der Waals surface area (Å²) < 4.78 is 0. The SMILES string of the molecule is CCCC[C@@H](CC(=O)[C@H](CC)Cc1ccccc1)C(=O)C[C@H](CCCC)C(=O)C[C@H](CCC(=O)O)C(=O)C[C@H](CC(=O)O)C(=O)CCC(=O)C[C@@H](C(=O)C[C@@H](C)CSCc1cc2cc(c1)CSC[C@@H](CC(=O)[C@H](CC(=O)[C@H](CCC(=O)O)CC(C)=O)C(C)C)C(=O)C[C@H](Cc1c[nH]c3ccccc13)C(=O)C[C@@H](CC(=O)O)C(=O)C[C@@H](C(C)=O)CSC2)C(C)O. The van der Waals surface area contributed by atoms with Crippen molar-refractivity contribution in [3.8, 4) is 0 Å². The van der Waals surface area contributed by atoms with Crippen LogP contribution in [0, 0.1) is 82.9 Å². The quantitative estimate of drug-likeness (QED) is 0.0239. The number of carboxylic acids is 4. The highest BCUT2D eigenvalue weighted by Crippen LogP contribution is 2.36. The number of fused-ring (bicyclic) bond motifs is 3. The highest BCUT2D eigenvalue weighted by molar-refractivity contribution is 7.99. The molecule has 27 heteroatoms. The summed E-state index contributed by atoms with van der Waals surface area (Å²) >= 11 is 4.25. The molecule has 1 aromatic heterocycles. The van der Waals surface area contributed by atoms with Gasteiger partial charge in [0.05, 0.1) is 24.9 Å². The molecule has 1 unspecified atom stereocenters. The molecular formula is C97H131NO23S3. The number of carbonyl (C=O) groups is 18. The molecule has 4 aromatic rings. The lowest BCUT2D eigenvalue weighted by Crippen LogP contribution is -2.33. The molecule has 680 valence electrons. The van der Waals surface area contributed by atoms with E-state index in [1.807, 2.05) is 100 Å². The number of nitrogens with one attached hydrogen (secondary N) is 1. The zero-order valence-electron chi connectivity index (χ0n) is 73.7. The van der Waals surface area contributed by atoms with Crippen LogP contribution in [0.25, 0.3) is 10.9 Å². The molecule has 1 aliphatic rings. The summed E-state index contributed by atoms with van der Waals surface area (Å²) in [4.78, 5) is 249. The van der Waals surface area contributed by atoms with Crippen LogP contribution < -0.4 is 0 Å². The topological polar surface area (TPSA) is 424 Å². The normalized spacial score (nSPS) is 18.2. The number of H-pyrrole nitrogens is 1. The van der Waals surface area contributed by atoms with E-state index in [-0.39, 0.29) is 124 Å². The Kier molecular flexibility index (Phi) is 47.2. The van der Waals surface area contributed by atoms with Gasteiger partial charge in [-0.2, -0.15) is 35.3 Å². The molecule has 1 aliphatic heterocycles. The predicted molar refractivity (Wildman–Crippen MR) is 478 cm³/mol. The van der Waals surface area contributed by atoms with Gasteiger partial charge in [0.1, 0.15) is 81.0 Å². The zero-order chi connectivity index (χ0) is 91.9. The standard InChI is InChI=1S/C97H131NO23S3/c1-10-13-22-68(39-84(104)67(12-3)37-63-20-16-15-17-21-63)85(105)40-69(23-14-11-2)86(106)41-71(27-31-95(116)117)87(107)43-73(47-96(118)119)83(103)29-28-78(102)49-81(62(9)101)92(112)32-59(6)52-122-53-64-34-65-36-66(35-64)55-124-57-77(46-93(113)80(58(4)5)50-91(111)70(33-60(7)99)26-30-94(114)115)90(110)42-72(38-75-51-98-82-25-19-18-24-79(75)82)88(108)44-74(48-97(120)121)89(109)45-76(61(8)100)56-123-54-65/h15-21,24-25,34-36,51,58-59,62,67-74,76-77,80-81,98,101H,10-14,22-23,26-33,37-50,52-57H2,1-9H3,(H,114,115)(H,116,117)(H,118,119)(H,120,121)/t59-,62?,67-,68+,69+,70-,71+,72+,73-,74+,76-,77-,80-,81-/m1/s1. The fourth-order valence-electron chi connectivity index (χ4n) is 16.6. The number of rotatable bonds is 57. The predicted octanol–water partition coefficient (Wildman–Crippen LogP) is 16.4. The van der Waals surface area contributed by atoms with Crippen LogP contribution >= 0.6 is 35.3 Å². The highest BCUT2D eigenvalue weighted by Gasteiger charge is 2.39. The maximum atomic E-state index is 15.3. The van der Waals surface area contributed by atoms with Crippen LogP contribution in [0.4, 0.5) is 0 Å². The number of ketones is 14. The maximum Gasteiger partial charge on any atom is 0.304 e. The van der Waals surface area contributed by atoms with E-state index in [9.17, 15) is 107 Å². The molecule has 0 saturated carbocycles. The molecule has 2 heterocycles. The van der Waals surface area contributed by atoms with E-state index in [0.29, 0.717) is 67.1 Å². The first-order valence-corrected chi connectivity index (χ1v) is 47.6. The molecule has 0 fully saturated rings. The summed E-state index contributed by atoms with van der Waals surface area (Å²) in [5.41, 5.74) is 4.93. The van der Waals surface area contributed by atoms with Gasteiger partial charge in [-0.05, 0) is 117 Å². The second-order valence-electron chi connectivity index (χ2n) is 34.9. The Morgan fingerprint density at radius 2 is 1.00 bits per heavy atom. The van der Waals surface area contributed by atoms with Gasteiger partial charge in [0, 0.05) is 214 Å². The minimum atomic E-state index is -1.48. The van der Waals surface area contributed by atoms with E-state index in [0.717, 1.165) is 39.6 Å². The van der Waals surface area contributed by atoms with Crippen LogP contribution in [0.5, 0.6) is 0 Å². The second-order valence-corrected chi connectivity index (χ2v) is 38.0. The van der Waals surface area contributed by atoms with Crippen LogP contribution in [0.2, 0.25) is 0 Å². The third kappa shape index (κ3) is 38.0. The van der Waals surface area contributed by atoms with Gasteiger partial charge in [0.25, 0.3) is 0 Å². The van der Waals surface area contributed by atoms with Gasteiger partial charge >= 0.3 is 23.9 Å². The van der Waals surface area contributed by atoms with E-state index in [1.54, 1.807) is 20.0 Å². The second kappa shape index (κ2) is 55.2. The number of para-hydroxylation sites is 1. The van der Waals surface area contributed by atoms with E-state index >= 15 is 4.79 Å². The first-order valence-electron chi connectivity index (χ1n) is 44.1. The van der Waals surface area contributed by atoms with Crippen molar-refractivity contribution in [1.29, 1.82) is 0 Å². The molecule has 6 N–H and O–H groups in total. The van der Waals surface area contributed by atoms with Crippen LogP contribution in [-0.2, 0) is 116 Å². The molecule has 124 heavy (non-hydrogen) atoms. The van der Waals surface area contributed by atoms with Crippen molar-refractivity contribution in [2.45, 2.75) is 272 Å². The number of aliphatic carboxylic acids is 4. The van der Waals surface area contributed by atoms with Crippen LogP contribution in [-0.4, -0.2) is 159 Å². The van der Waals surface area contributed by atoms with Crippen molar-refractivity contribution in [3.05, 3.63) is 107 Å². The first kappa shape index (κ1) is 106. The minimum absolute atomic E-state index is 0.00169. The van der Waals surface area contributed by atoms with Gasteiger partial charge in [-0.15, -0.1) is 0 Å². The summed E-state index contributed by atoms with van der Waals surface area (Å²) in [6.07, 6.45) is -3.03. The van der Waals surface area contributed by atoms with Crippen LogP contribution in [0.3, 0.4) is 0 Å². The molecule has 0 spiro atoms. The number of hydrogen-bond donors (Lipinski definition) is 6. The highest BCUT2D eigenvalue weighted by atomic mass is 32.2. The molecule has 14 atom stereocenters. The Morgan fingerprint density at radius 3 is 1.54 bits per heavy atom. The number of carbonyl (C=O) groups excluding carboxylic acids is 14. The molecule has 3 aromatic carbocycles. The molecule has 0 radical (unpaired) electrons. The van der Waals surface area contributed by atoms with Crippen molar-refractivity contribution in [2.75, 3.05) is 17.3 Å². The number of thioether (sulfide) groups is 3. The number of hydrogen-bond acceptors (Lipinski definition) is 22. The lowest BCUT2D eigenvalue weighted by molar-refractivity contribution is -0.142. The van der Waals surface area contributed by atoms with E-state index < -0.39 is 223 Å². The number of unbranched alkanes of at least 4 members (excludes halogenated alkanes) is 2. The molecule has 5 rings (SSSR count). The third-order valence-corrected chi connectivity index (χ3v) is 27.7. The minimum Gasteiger partial charge on any atom is -0.481 e. The number of aromatic nitrogens is 1. The van der Waals surface area contributed by atoms with Gasteiger partial charge in [0.15, 0.2) is 0 Å². The van der Waals surface area contributed by atoms with Crippen molar-refractivity contribution in [3.63, 3.8) is 0 Å². The molecule has 2 bridgehead atoms. The van der Waals surface area contributed by atoms with Gasteiger partial charge in [0.2, 0.25) is 0 Å². The fraction of sp³-hybridized carbons (Fsp3) is 0.608. The number of aromatic amines is 1. The maximum absolute atomic E-state index is 15.3. The Hall–Kier alpha value is -8.53. The Bertz CT molecular complexity index is 4330. The van der Waals surface area contributed by atoms with Gasteiger partial charge in [-0.25, -0.2) is 0 Å². The monoisotopic (exact) mass is 1770 g/mol. The average molecular weight is 1780 g/mol. The lowest BCUT2D eigenvalue weighted by atomic mass is 9.78. The van der Waals surface area contributed by atoms with E-state index in [4.69, 9.17) is 0 Å². The zero-order valence-corrected chi connectivity index (χ0v) is 76.2. The average Bonchev–Trinajstić information content (AvgIpc) is 1.68. The number of aliphatic hydroxyl groups excluding tert-OH is 1. The summed E-state index contributed by atoms with van der Waals surface area (Å²) in [5, 5.41) is 51.2. The van der Waals surface area contributed by atoms with Crippen molar-refractivity contribution < 1.29 is 112 Å². The van der Waals surface area contributed by atoms with E-state index in [2.05, 4.69) is 4.98 Å². The molecular weight excluding hydrogens is 1640 g/mol. The number of carboxylic acid groups (broad SMARTS) is 4. The molecule has 0 aliphatic carbocycles. The van der Waals surface area contributed by atoms with E-state index in [1.165, 1.54) is 56.1 Å². The summed E-state index contributed by atoms with van der Waals surface area (Å²) in [6.45, 7) is 15.2. The van der Waals surface area contributed by atoms with Crippen molar-refractivity contribution in [2.24, 2.45) is 82.9 Å². The Balaban J connectivity index is 1.33. The van der Waals surface area contributed by atoms with Crippen molar-refractivity contribution >= 4 is 151 Å². The van der Waals surface area contributed by atoms with Gasteiger partial charge in [-0.1, -0.05) is 134 Å². The van der Waals surface area contributed by atoms with Crippen LogP contribution in [0.15, 0.2) is 79.0 Å². The third-order valence-electron chi connectivity index (χ3n) is 24.1. The molecule has 0 saturated heterocycles. The summed E-state index contributed by atoms with van der Waals surface area (Å²) in [7, 11) is 0. The Morgan fingerprint density at radius 1 is 0.476 bits per heavy atom. The fourth-order valence-corrected chi connectivity index (χ4v) is 19.9. The summed E-state index contributed by atoms with van der Waals surface area (Å²) in [5.74, 6) is -22.6. The van der Waals surface area contributed by atoms with Crippen molar-refractivity contribution in [1.82, 2.24) is 4.98 Å². The first-order chi connectivity index (χ1) is 58.8. The number of Topliss-reactive ketones (excluding diaryl/α,β-unsaturated/α-hetero) is 14. The van der Waals surface area contributed by atoms with Crippen LogP contribution in [0.1, 0.15) is 263 Å². The van der Waals surface area contributed by atoms with Gasteiger partial charge < -0.3 is 35.3 Å². The Labute approximate surface area is 742 Å². The smallest absolute Gasteiger partial charge is 0.304 e. The van der Waals surface area contributed by atoms with Gasteiger partial charge in [-0.3, -0.25) is 81.5 Å². The lowest BCUT2D eigenvalue weighted by Gasteiger charge is -2.25. The number of benzene rings is 3. The summed E-state index contributed by atoms with van der Waals surface area (Å²) in [6, 6.07) is 22.9. The number of aliphatic hydroxyl groups is 1. The largest absolute Gasteiger partial charge is 0.481 e.